The lowest BCUT2D eigenvalue weighted by atomic mass is 10.0. The second-order valence-corrected chi connectivity index (χ2v) is 7.96. The maximum atomic E-state index is 12.9. The maximum absolute atomic E-state index is 12.9. The third-order valence-corrected chi connectivity index (χ3v) is 4.80. The van der Waals surface area contributed by atoms with Crippen LogP contribution >= 0.6 is 12.6 Å². The van der Waals surface area contributed by atoms with Crippen LogP contribution in [-0.2, 0) is 24.0 Å². The minimum absolute atomic E-state index is 0.0818. The molecule has 33 heavy (non-hydrogen) atoms. The van der Waals surface area contributed by atoms with E-state index >= 15 is 0 Å². The van der Waals surface area contributed by atoms with Gasteiger partial charge in [0.2, 0.25) is 23.6 Å². The molecule has 0 aromatic rings. The fourth-order valence-electron chi connectivity index (χ4n) is 2.48. The lowest BCUT2D eigenvalue weighted by Gasteiger charge is -2.25. The first kappa shape index (κ1) is 29.9. The van der Waals surface area contributed by atoms with Crippen molar-refractivity contribution in [3.8, 4) is 0 Å². The number of aliphatic imine (C=N–C) groups is 1. The van der Waals surface area contributed by atoms with Crippen LogP contribution in [0.4, 0.5) is 0 Å². The predicted octanol–water partition coefficient (Wildman–Crippen LogP) is -3.63. The van der Waals surface area contributed by atoms with Gasteiger partial charge in [-0.1, -0.05) is 13.8 Å². The SMILES string of the molecule is CC(C)C(N)C(=O)NC(CCCN=C(N)N)C(=O)NC(CC(N)=O)C(=O)NC(CS)C(=O)O. The molecular formula is C18H34N8O6S. The molecule has 15 heteroatoms. The standard InChI is InChI=1S/C18H34N8O6S/c1-8(2)13(20)16(30)24-9(4-3-5-23-18(21)22)14(28)25-10(6-12(19)27)15(29)26-11(7-33)17(31)32/h8-11,13,33H,3-7,20H2,1-2H3,(H2,19,27)(H,24,30)(H,25,28)(H,26,29)(H,31,32)(H4,21,22,23). The molecule has 0 aromatic carbocycles. The van der Waals surface area contributed by atoms with E-state index in [9.17, 15) is 24.0 Å². The molecule has 4 unspecified atom stereocenters. The maximum Gasteiger partial charge on any atom is 0.327 e. The predicted molar refractivity (Wildman–Crippen MR) is 124 cm³/mol. The van der Waals surface area contributed by atoms with Crippen LogP contribution in [0, 0.1) is 5.92 Å². The first-order chi connectivity index (χ1) is 15.3. The van der Waals surface area contributed by atoms with Crippen LogP contribution in [0.1, 0.15) is 33.1 Å². The molecule has 14 nitrogen and oxygen atoms in total. The number of carbonyl (C=O) groups is 5. The molecule has 0 aliphatic rings. The van der Waals surface area contributed by atoms with Crippen LogP contribution in [0.3, 0.4) is 0 Å². The Morgan fingerprint density at radius 1 is 0.909 bits per heavy atom. The number of guanidine groups is 1. The van der Waals surface area contributed by atoms with E-state index < -0.39 is 60.2 Å². The number of primary amides is 1. The number of carboxylic acids is 1. The number of nitrogens with zero attached hydrogens (tertiary/aromatic N) is 1. The molecule has 0 aliphatic heterocycles. The molecule has 4 amide bonds. The van der Waals surface area contributed by atoms with Crippen molar-refractivity contribution >= 4 is 48.2 Å². The molecule has 4 atom stereocenters. The number of amides is 4. The molecule has 0 saturated heterocycles. The summed E-state index contributed by atoms with van der Waals surface area (Å²) in [6.07, 6.45) is -0.226. The summed E-state index contributed by atoms with van der Waals surface area (Å²) in [5.41, 5.74) is 21.5. The number of carbonyl (C=O) groups excluding carboxylic acids is 4. The van der Waals surface area contributed by atoms with E-state index in [0.29, 0.717) is 6.42 Å². The molecule has 0 aliphatic carbocycles. The Morgan fingerprint density at radius 3 is 1.88 bits per heavy atom. The lowest BCUT2D eigenvalue weighted by Crippen LogP contribution is -2.58. The van der Waals surface area contributed by atoms with E-state index in [1.165, 1.54) is 0 Å². The van der Waals surface area contributed by atoms with Gasteiger partial charge in [0.1, 0.15) is 18.1 Å². The zero-order valence-corrected chi connectivity index (χ0v) is 19.5. The summed E-state index contributed by atoms with van der Waals surface area (Å²) in [4.78, 5) is 64.1. The normalized spacial score (nSPS) is 14.3. The van der Waals surface area contributed by atoms with Gasteiger partial charge >= 0.3 is 5.97 Å². The Morgan fingerprint density at radius 2 is 1.42 bits per heavy atom. The highest BCUT2D eigenvalue weighted by atomic mass is 32.1. The van der Waals surface area contributed by atoms with E-state index in [-0.39, 0.29) is 30.6 Å². The fourth-order valence-corrected chi connectivity index (χ4v) is 2.73. The van der Waals surface area contributed by atoms with Gasteiger partial charge in [-0.25, -0.2) is 4.79 Å². The molecule has 0 heterocycles. The minimum atomic E-state index is -1.48. The molecule has 0 radical (unpaired) electrons. The molecule has 0 rings (SSSR count). The molecule has 0 saturated carbocycles. The second kappa shape index (κ2) is 14.9. The summed E-state index contributed by atoms with van der Waals surface area (Å²) < 4.78 is 0. The van der Waals surface area contributed by atoms with Crippen LogP contribution in [0.5, 0.6) is 0 Å². The van der Waals surface area contributed by atoms with Gasteiger partial charge in [0.25, 0.3) is 0 Å². The third kappa shape index (κ3) is 11.9. The molecule has 188 valence electrons. The van der Waals surface area contributed by atoms with Crippen LogP contribution < -0.4 is 38.9 Å². The highest BCUT2D eigenvalue weighted by Crippen LogP contribution is 2.05. The Hall–Kier alpha value is -3.07. The zero-order valence-electron chi connectivity index (χ0n) is 18.6. The van der Waals surface area contributed by atoms with E-state index in [0.717, 1.165) is 0 Å². The van der Waals surface area contributed by atoms with Crippen molar-refractivity contribution in [2.24, 2.45) is 33.8 Å². The van der Waals surface area contributed by atoms with Crippen LogP contribution in [-0.4, -0.2) is 77.1 Å². The molecule has 0 bridgehead atoms. The van der Waals surface area contributed by atoms with Gasteiger partial charge in [-0.3, -0.25) is 24.2 Å². The number of thiol groups is 1. The molecule has 0 aromatic heterocycles. The van der Waals surface area contributed by atoms with Gasteiger partial charge in [-0.2, -0.15) is 12.6 Å². The van der Waals surface area contributed by atoms with E-state index in [1.54, 1.807) is 13.8 Å². The monoisotopic (exact) mass is 490 g/mol. The van der Waals surface area contributed by atoms with Gasteiger partial charge < -0.3 is 44.0 Å². The van der Waals surface area contributed by atoms with Crippen LogP contribution in [0.15, 0.2) is 4.99 Å². The van der Waals surface area contributed by atoms with Crippen molar-refractivity contribution in [1.82, 2.24) is 16.0 Å². The van der Waals surface area contributed by atoms with Crippen LogP contribution in [0.2, 0.25) is 0 Å². The van der Waals surface area contributed by atoms with Gasteiger partial charge in [-0.05, 0) is 18.8 Å². The zero-order chi connectivity index (χ0) is 25.7. The Bertz CT molecular complexity index is 743. The van der Waals surface area contributed by atoms with Crippen molar-refractivity contribution in [3.05, 3.63) is 0 Å². The average molecular weight is 491 g/mol. The summed E-state index contributed by atoms with van der Waals surface area (Å²) in [5, 5.41) is 16.1. The summed E-state index contributed by atoms with van der Waals surface area (Å²) in [5.74, 6) is -5.19. The minimum Gasteiger partial charge on any atom is -0.480 e. The summed E-state index contributed by atoms with van der Waals surface area (Å²) in [6.45, 7) is 3.63. The third-order valence-electron chi connectivity index (χ3n) is 4.43. The van der Waals surface area contributed by atoms with Crippen molar-refractivity contribution < 1.29 is 29.1 Å². The smallest absolute Gasteiger partial charge is 0.327 e. The number of nitrogens with one attached hydrogen (secondary N) is 3. The summed E-state index contributed by atoms with van der Waals surface area (Å²) in [6, 6.07) is -4.87. The molecule has 0 spiro atoms. The number of rotatable bonds is 15. The van der Waals surface area contributed by atoms with E-state index in [1.807, 2.05) is 0 Å². The van der Waals surface area contributed by atoms with Crippen LogP contribution in [0.25, 0.3) is 0 Å². The highest BCUT2D eigenvalue weighted by molar-refractivity contribution is 7.80. The van der Waals surface area contributed by atoms with Crippen molar-refractivity contribution in [1.29, 1.82) is 0 Å². The van der Waals surface area contributed by atoms with Gasteiger partial charge in [0.05, 0.1) is 12.5 Å². The first-order valence-corrected chi connectivity index (χ1v) is 10.8. The topological polar surface area (TPSA) is 258 Å². The van der Waals surface area contributed by atoms with Crippen molar-refractivity contribution in [3.63, 3.8) is 0 Å². The molecule has 12 N–H and O–H groups in total. The fraction of sp³-hybridized carbons (Fsp3) is 0.667. The van der Waals surface area contributed by atoms with Crippen molar-refractivity contribution in [2.75, 3.05) is 12.3 Å². The van der Waals surface area contributed by atoms with Crippen molar-refractivity contribution in [2.45, 2.75) is 57.3 Å². The largest absolute Gasteiger partial charge is 0.480 e. The summed E-state index contributed by atoms with van der Waals surface area (Å²) >= 11 is 3.84. The quantitative estimate of drug-likeness (QED) is 0.0474. The summed E-state index contributed by atoms with van der Waals surface area (Å²) in [7, 11) is 0. The number of carboxylic acid groups (broad SMARTS) is 1. The van der Waals surface area contributed by atoms with Gasteiger partial charge in [0.15, 0.2) is 5.96 Å². The Balaban J connectivity index is 5.54. The van der Waals surface area contributed by atoms with E-state index in [2.05, 4.69) is 33.6 Å². The molecule has 0 fully saturated rings. The average Bonchev–Trinajstić information content (AvgIpc) is 2.71. The van der Waals surface area contributed by atoms with E-state index in [4.69, 9.17) is 28.0 Å². The first-order valence-electron chi connectivity index (χ1n) is 10.1. The Kier molecular flexibility index (Phi) is 13.5. The second-order valence-electron chi connectivity index (χ2n) is 7.59. The van der Waals surface area contributed by atoms with Gasteiger partial charge in [-0.15, -0.1) is 0 Å². The Labute approximate surface area is 197 Å². The number of hydrogen-bond acceptors (Lipinski definition) is 8. The number of hydrogen-bond donors (Lipinski definition) is 9. The molecular weight excluding hydrogens is 456 g/mol. The number of nitrogens with two attached hydrogens (primary N) is 4. The lowest BCUT2D eigenvalue weighted by molar-refractivity contribution is -0.141. The van der Waals surface area contributed by atoms with Gasteiger partial charge in [0, 0.05) is 12.3 Å². The highest BCUT2D eigenvalue weighted by Gasteiger charge is 2.31. The number of aliphatic carboxylic acids is 1.